The molecule has 4 N–H and O–H groups in total. The fraction of sp³-hybridized carbons (Fsp3) is 0.259. The van der Waals surface area contributed by atoms with Crippen molar-refractivity contribution in [3.63, 3.8) is 0 Å². The van der Waals surface area contributed by atoms with E-state index in [2.05, 4.69) is 14.8 Å². The predicted molar refractivity (Wildman–Crippen MR) is 145 cm³/mol. The van der Waals surface area contributed by atoms with Crippen LogP contribution >= 0.6 is 11.6 Å². The molecule has 8 nitrogen and oxygen atoms in total. The molecule has 3 aromatic carbocycles. The van der Waals surface area contributed by atoms with E-state index in [4.69, 9.17) is 17.3 Å². The second-order valence-corrected chi connectivity index (χ2v) is 10.9. The Morgan fingerprint density at radius 2 is 1.59 bits per heavy atom. The van der Waals surface area contributed by atoms with E-state index in [1.54, 1.807) is 58.0 Å². The number of carbonyl (C=O) groups is 2. The average Bonchev–Trinajstić information content (AvgIpc) is 2.83. The molecule has 0 aliphatic carbocycles. The number of aryl methyl sites for hydroxylation is 4. The van der Waals surface area contributed by atoms with Gasteiger partial charge in [-0.1, -0.05) is 35.9 Å². The maximum absolute atomic E-state index is 13.1. The van der Waals surface area contributed by atoms with Crippen LogP contribution in [0.15, 0.2) is 53.4 Å². The van der Waals surface area contributed by atoms with E-state index >= 15 is 0 Å². The van der Waals surface area contributed by atoms with Crippen LogP contribution in [0, 0.1) is 27.7 Å². The molecule has 0 unspecified atom stereocenters. The first-order chi connectivity index (χ1) is 17.4. The van der Waals surface area contributed by atoms with Gasteiger partial charge in [-0.3, -0.25) is 9.52 Å². The van der Waals surface area contributed by atoms with Gasteiger partial charge >= 0.3 is 5.97 Å². The van der Waals surface area contributed by atoms with Gasteiger partial charge in [0.1, 0.15) is 6.04 Å². The summed E-state index contributed by atoms with van der Waals surface area (Å²) in [5.41, 5.74) is 10.6. The Morgan fingerprint density at radius 1 is 0.946 bits per heavy atom. The van der Waals surface area contributed by atoms with E-state index in [-0.39, 0.29) is 11.4 Å². The minimum atomic E-state index is -3.85. The maximum atomic E-state index is 13.1. The van der Waals surface area contributed by atoms with E-state index in [1.807, 2.05) is 18.2 Å². The van der Waals surface area contributed by atoms with Crippen molar-refractivity contribution >= 4 is 39.2 Å². The predicted octanol–water partition coefficient (Wildman–Crippen LogP) is 4.27. The number of methoxy groups -OCH3 is 1. The van der Waals surface area contributed by atoms with Gasteiger partial charge in [0.15, 0.2) is 0 Å². The first-order valence-electron chi connectivity index (χ1n) is 11.5. The average molecular weight is 544 g/mol. The van der Waals surface area contributed by atoms with Crippen LogP contribution in [-0.4, -0.2) is 40.0 Å². The number of anilines is 1. The molecule has 0 aliphatic rings. The van der Waals surface area contributed by atoms with Gasteiger partial charge in [-0.05, 0) is 85.3 Å². The maximum Gasteiger partial charge on any atom is 0.329 e. The number of sulfonamides is 1. The van der Waals surface area contributed by atoms with Crippen LogP contribution in [0.5, 0.6) is 0 Å². The molecule has 10 heteroatoms. The third kappa shape index (κ3) is 6.30. The summed E-state index contributed by atoms with van der Waals surface area (Å²) in [6.07, 6.45) is 0. The first-order valence-corrected chi connectivity index (χ1v) is 13.3. The number of esters is 1. The van der Waals surface area contributed by atoms with Crippen molar-refractivity contribution in [1.82, 2.24) is 5.32 Å². The van der Waals surface area contributed by atoms with Gasteiger partial charge in [-0.15, -0.1) is 0 Å². The van der Waals surface area contributed by atoms with Crippen LogP contribution in [0.2, 0.25) is 5.02 Å². The van der Waals surface area contributed by atoms with Gasteiger partial charge in [-0.25, -0.2) is 13.2 Å². The van der Waals surface area contributed by atoms with Gasteiger partial charge in [0, 0.05) is 22.8 Å². The number of benzene rings is 3. The molecule has 0 aromatic heterocycles. The number of rotatable bonds is 8. The number of nitrogens with one attached hydrogen (secondary N) is 2. The third-order valence-corrected chi connectivity index (χ3v) is 7.91. The highest BCUT2D eigenvalue weighted by Crippen LogP contribution is 2.30. The Bertz CT molecular complexity index is 1450. The van der Waals surface area contributed by atoms with Crippen molar-refractivity contribution in [2.45, 2.75) is 38.6 Å². The molecular weight excluding hydrogens is 514 g/mol. The lowest BCUT2D eigenvalue weighted by Crippen LogP contribution is -2.46. The monoisotopic (exact) mass is 543 g/mol. The summed E-state index contributed by atoms with van der Waals surface area (Å²) in [4.78, 5) is 24.9. The zero-order valence-corrected chi connectivity index (χ0v) is 22.9. The summed E-state index contributed by atoms with van der Waals surface area (Å²) in [6.45, 7) is 6.94. The highest BCUT2D eigenvalue weighted by molar-refractivity contribution is 7.92. The van der Waals surface area contributed by atoms with E-state index in [9.17, 15) is 18.0 Å². The molecule has 0 saturated heterocycles. The van der Waals surface area contributed by atoms with Crippen molar-refractivity contribution in [3.05, 3.63) is 81.4 Å². The number of nitrogens with two attached hydrogens (primary N) is 1. The lowest BCUT2D eigenvalue weighted by molar-refractivity contribution is -0.142. The molecule has 0 spiro atoms. The molecule has 1 amide bonds. The Labute approximate surface area is 222 Å². The van der Waals surface area contributed by atoms with Gasteiger partial charge in [0.2, 0.25) is 0 Å². The number of carbonyl (C=O) groups excluding carboxylic acids is 2. The Kier molecular flexibility index (Phi) is 8.63. The third-order valence-electron chi connectivity index (χ3n) is 5.98. The van der Waals surface area contributed by atoms with Crippen molar-refractivity contribution < 1.29 is 22.7 Å². The molecule has 0 bridgehead atoms. The van der Waals surface area contributed by atoms with Gasteiger partial charge in [0.25, 0.3) is 15.9 Å². The molecule has 0 saturated carbocycles. The number of ether oxygens (including phenoxy) is 1. The quantitative estimate of drug-likeness (QED) is 0.364. The second-order valence-electron chi connectivity index (χ2n) is 8.82. The zero-order valence-electron chi connectivity index (χ0n) is 21.3. The van der Waals surface area contributed by atoms with Crippen LogP contribution < -0.4 is 15.8 Å². The van der Waals surface area contributed by atoms with Crippen LogP contribution in [-0.2, 0) is 19.6 Å². The summed E-state index contributed by atoms with van der Waals surface area (Å²) >= 11 is 6.13. The van der Waals surface area contributed by atoms with Crippen molar-refractivity contribution in [2.24, 2.45) is 5.73 Å². The largest absolute Gasteiger partial charge is 0.467 e. The van der Waals surface area contributed by atoms with Crippen molar-refractivity contribution in [3.8, 4) is 11.1 Å². The Balaban J connectivity index is 1.90. The summed E-state index contributed by atoms with van der Waals surface area (Å²) in [7, 11) is -2.62. The van der Waals surface area contributed by atoms with E-state index in [0.29, 0.717) is 38.5 Å². The zero-order chi connectivity index (χ0) is 27.5. The summed E-state index contributed by atoms with van der Waals surface area (Å²) in [6, 6.07) is 12.9. The van der Waals surface area contributed by atoms with Gasteiger partial charge in [-0.2, -0.15) is 0 Å². The molecule has 0 fully saturated rings. The molecule has 3 aromatic rings. The fourth-order valence-corrected chi connectivity index (χ4v) is 5.67. The smallest absolute Gasteiger partial charge is 0.329 e. The molecule has 0 radical (unpaired) electrons. The van der Waals surface area contributed by atoms with Crippen LogP contribution in [0.3, 0.4) is 0 Å². The molecular formula is C27H30ClN3O5S. The summed E-state index contributed by atoms with van der Waals surface area (Å²) in [5, 5.41) is 3.12. The lowest BCUT2D eigenvalue weighted by atomic mass is 9.94. The topological polar surface area (TPSA) is 128 Å². The number of hydrogen-bond acceptors (Lipinski definition) is 6. The molecule has 196 valence electrons. The number of amides is 1. The van der Waals surface area contributed by atoms with E-state index < -0.39 is 27.9 Å². The molecule has 3 rings (SSSR count). The highest BCUT2D eigenvalue weighted by atomic mass is 35.5. The van der Waals surface area contributed by atoms with Crippen LogP contribution in [0.1, 0.15) is 32.6 Å². The van der Waals surface area contributed by atoms with Crippen molar-refractivity contribution in [2.75, 3.05) is 18.4 Å². The Morgan fingerprint density at radius 3 is 2.19 bits per heavy atom. The normalized spacial score (nSPS) is 12.1. The van der Waals surface area contributed by atoms with Crippen LogP contribution in [0.25, 0.3) is 11.1 Å². The van der Waals surface area contributed by atoms with E-state index in [0.717, 1.165) is 11.1 Å². The molecule has 37 heavy (non-hydrogen) atoms. The lowest BCUT2D eigenvalue weighted by Gasteiger charge is -2.18. The van der Waals surface area contributed by atoms with Crippen LogP contribution in [0.4, 0.5) is 5.69 Å². The van der Waals surface area contributed by atoms with Gasteiger partial charge < -0.3 is 15.8 Å². The minimum absolute atomic E-state index is 0.0909. The molecule has 0 heterocycles. The minimum Gasteiger partial charge on any atom is -0.467 e. The SMILES string of the molecule is COC(=O)[C@@H](CN)NC(=O)c1c(C)cc(-c2cccc(NS(=O)(=O)c3cc(C)c(Cl)cc3C)c2)cc1C. The molecule has 1 atom stereocenters. The van der Waals surface area contributed by atoms with Gasteiger partial charge in [0.05, 0.1) is 12.0 Å². The Hall–Kier alpha value is -3.40. The summed E-state index contributed by atoms with van der Waals surface area (Å²) < 4.78 is 33.5. The number of halogens is 1. The van der Waals surface area contributed by atoms with Crippen molar-refractivity contribution in [1.29, 1.82) is 0 Å². The second kappa shape index (κ2) is 11.3. The van der Waals surface area contributed by atoms with E-state index in [1.165, 1.54) is 7.11 Å². The fourth-order valence-electron chi connectivity index (χ4n) is 4.09. The molecule has 0 aliphatic heterocycles. The summed E-state index contributed by atoms with van der Waals surface area (Å²) in [5.74, 6) is -1.05. The number of hydrogen-bond donors (Lipinski definition) is 3. The standard InChI is InChI=1S/C27H30ClN3O5S/c1-15-12-24(16(2)11-22(15)28)37(34,35)31-21-8-6-7-19(13-21)20-9-17(3)25(18(4)10-20)26(32)30-23(14-29)27(33)36-5/h6-13,23,31H,14,29H2,1-5H3,(H,30,32)/t23-/m1/s1. The highest BCUT2D eigenvalue weighted by Gasteiger charge is 2.23. The first kappa shape index (κ1) is 28.2.